The normalized spacial score (nSPS) is 13.5. The standard InChI is InChI=1S/C36H27N5/c1-2-10-24-23-13-8-17-28-32(23)34-29(40(28)22-11-4-3-5-12-22)19-20-31-35(34)33-25(36(24)37)14-9-18-30(33)41(31)39-21-38-26-15-6-7-16-27(26)39/h2-20,38H,21,37H2,1H3/b10-2-,24-23?,36-24?,36-25?. The van der Waals surface area contributed by atoms with Gasteiger partial charge in [-0.1, -0.05) is 66.7 Å². The van der Waals surface area contributed by atoms with E-state index in [4.69, 9.17) is 5.73 Å². The monoisotopic (exact) mass is 529 g/mol. The second-order valence-corrected chi connectivity index (χ2v) is 10.8. The zero-order chi connectivity index (χ0) is 27.2. The van der Waals surface area contributed by atoms with Gasteiger partial charge < -0.3 is 15.6 Å². The van der Waals surface area contributed by atoms with Crippen molar-refractivity contribution < 1.29 is 0 Å². The Kier molecular flexibility index (Phi) is 4.40. The number of nitrogen functional groups attached to an aromatic ring is 1. The summed E-state index contributed by atoms with van der Waals surface area (Å²) in [6.45, 7) is 2.75. The van der Waals surface area contributed by atoms with Crippen LogP contribution in [0.4, 0.5) is 17.1 Å². The number of para-hydroxylation sites is 3. The summed E-state index contributed by atoms with van der Waals surface area (Å²) in [4.78, 5) is 0. The maximum Gasteiger partial charge on any atom is 0.108 e. The average molecular weight is 530 g/mol. The maximum absolute atomic E-state index is 7.17. The Bertz CT molecular complexity index is 2340. The molecule has 8 aromatic rings. The minimum atomic E-state index is 0.687. The van der Waals surface area contributed by atoms with Gasteiger partial charge in [0.15, 0.2) is 0 Å². The molecule has 0 amide bonds. The topological polar surface area (TPSA) is 51.1 Å². The molecule has 1 aliphatic rings. The van der Waals surface area contributed by atoms with E-state index in [0.29, 0.717) is 6.67 Å². The number of rotatable bonds is 3. The van der Waals surface area contributed by atoms with Crippen molar-refractivity contribution in [1.29, 1.82) is 0 Å². The number of hydrogen-bond donors (Lipinski definition) is 2. The molecule has 196 valence electrons. The average Bonchev–Trinajstić information content (AvgIpc) is 3.69. The molecule has 0 saturated carbocycles. The van der Waals surface area contributed by atoms with Crippen molar-refractivity contribution in [3.05, 3.63) is 115 Å². The molecule has 6 aromatic carbocycles. The molecular weight excluding hydrogens is 502 g/mol. The second kappa shape index (κ2) is 8.05. The summed E-state index contributed by atoms with van der Waals surface area (Å²) in [6, 6.07) is 36.9. The molecule has 0 fully saturated rings. The summed E-state index contributed by atoms with van der Waals surface area (Å²) in [6.07, 6.45) is 4.26. The van der Waals surface area contributed by atoms with E-state index in [0.717, 1.165) is 44.6 Å². The lowest BCUT2D eigenvalue weighted by molar-refractivity contribution is 0.796. The smallest absolute Gasteiger partial charge is 0.108 e. The maximum atomic E-state index is 7.17. The lowest BCUT2D eigenvalue weighted by Crippen LogP contribution is -2.28. The van der Waals surface area contributed by atoms with Gasteiger partial charge in [-0.25, -0.2) is 0 Å². The quantitative estimate of drug-likeness (QED) is 0.241. The van der Waals surface area contributed by atoms with Crippen molar-refractivity contribution in [2.24, 2.45) is 0 Å². The molecule has 5 heteroatoms. The van der Waals surface area contributed by atoms with E-state index in [9.17, 15) is 0 Å². The highest BCUT2D eigenvalue weighted by Gasteiger charge is 2.28. The molecule has 3 heterocycles. The first-order valence-electron chi connectivity index (χ1n) is 14.1. The lowest BCUT2D eigenvalue weighted by atomic mass is 9.95. The van der Waals surface area contributed by atoms with Crippen molar-refractivity contribution in [2.45, 2.75) is 6.92 Å². The van der Waals surface area contributed by atoms with Gasteiger partial charge >= 0.3 is 0 Å². The summed E-state index contributed by atoms with van der Waals surface area (Å²) >= 11 is 0. The van der Waals surface area contributed by atoms with Gasteiger partial charge in [0.05, 0.1) is 33.4 Å². The fourth-order valence-corrected chi connectivity index (χ4v) is 7.15. The summed E-state index contributed by atoms with van der Waals surface area (Å²) in [5.41, 5.74) is 17.2. The first kappa shape index (κ1) is 22.4. The number of nitrogens with zero attached hydrogens (tertiary/aromatic N) is 3. The van der Waals surface area contributed by atoms with E-state index in [2.05, 4.69) is 142 Å². The van der Waals surface area contributed by atoms with Gasteiger partial charge in [0.1, 0.15) is 6.67 Å². The van der Waals surface area contributed by atoms with Crippen molar-refractivity contribution in [2.75, 3.05) is 22.7 Å². The highest BCUT2D eigenvalue weighted by Crippen LogP contribution is 2.48. The number of allylic oxidation sites excluding steroid dienone is 1. The molecule has 3 N–H and O–H groups in total. The van der Waals surface area contributed by atoms with Crippen LogP contribution in [0.15, 0.2) is 109 Å². The lowest BCUT2D eigenvalue weighted by Gasteiger charge is -2.22. The van der Waals surface area contributed by atoms with E-state index in [1.54, 1.807) is 0 Å². The molecule has 2 aromatic heterocycles. The van der Waals surface area contributed by atoms with Gasteiger partial charge in [0.25, 0.3) is 0 Å². The molecule has 0 aliphatic carbocycles. The fraction of sp³-hybridized carbons (Fsp3) is 0.0556. The number of hydrogen-bond acceptors (Lipinski definition) is 3. The van der Waals surface area contributed by atoms with Crippen LogP contribution >= 0.6 is 0 Å². The fourth-order valence-electron chi connectivity index (χ4n) is 7.15. The van der Waals surface area contributed by atoms with Crippen molar-refractivity contribution >= 4 is 77.5 Å². The number of nitrogens with one attached hydrogen (secondary N) is 1. The first-order chi connectivity index (χ1) is 20.3. The summed E-state index contributed by atoms with van der Waals surface area (Å²) in [7, 11) is 0. The van der Waals surface area contributed by atoms with Crippen LogP contribution in [0.3, 0.4) is 0 Å². The largest absolute Gasteiger partial charge is 0.398 e. The number of nitrogens with two attached hydrogens (primary N) is 1. The predicted octanol–water partition coefficient (Wildman–Crippen LogP) is 8.75. The van der Waals surface area contributed by atoms with Crippen molar-refractivity contribution in [3.63, 3.8) is 0 Å². The number of aromatic nitrogens is 2. The van der Waals surface area contributed by atoms with Crippen LogP contribution in [0.1, 0.15) is 12.5 Å². The van der Waals surface area contributed by atoms with E-state index in [-0.39, 0.29) is 0 Å². The number of benzene rings is 5. The van der Waals surface area contributed by atoms with Gasteiger partial charge in [-0.15, -0.1) is 0 Å². The molecule has 0 unspecified atom stereocenters. The minimum Gasteiger partial charge on any atom is -0.398 e. The third kappa shape index (κ3) is 2.80. The third-order valence-corrected chi connectivity index (χ3v) is 8.75. The Hall–Kier alpha value is -5.42. The van der Waals surface area contributed by atoms with Crippen LogP contribution in [0.5, 0.6) is 0 Å². The molecule has 0 saturated heterocycles. The van der Waals surface area contributed by atoms with Gasteiger partial charge in [0, 0.05) is 43.9 Å². The van der Waals surface area contributed by atoms with Gasteiger partial charge in [0.2, 0.25) is 0 Å². The van der Waals surface area contributed by atoms with Crippen LogP contribution in [0.25, 0.3) is 66.1 Å². The second-order valence-electron chi connectivity index (χ2n) is 10.8. The summed E-state index contributed by atoms with van der Waals surface area (Å²) < 4.78 is 4.79. The van der Waals surface area contributed by atoms with Crippen molar-refractivity contribution in [1.82, 2.24) is 9.24 Å². The van der Waals surface area contributed by atoms with E-state index in [1.165, 1.54) is 38.1 Å². The molecule has 41 heavy (non-hydrogen) atoms. The zero-order valence-corrected chi connectivity index (χ0v) is 22.6. The number of anilines is 3. The van der Waals surface area contributed by atoms with Gasteiger partial charge in [-0.05, 0) is 60.8 Å². The molecule has 0 spiro atoms. The Morgan fingerprint density at radius 3 is 2.17 bits per heavy atom. The predicted molar refractivity (Wildman–Crippen MR) is 174 cm³/mol. The SMILES string of the molecule is C/C=C\c1c(N)c2cccc3c2c2c4c5c1cccc5n(-c1ccccc1)c4ccc2n3N1CNc2ccccc21. The van der Waals surface area contributed by atoms with Crippen LogP contribution in [-0.4, -0.2) is 15.9 Å². The molecular formula is C36H27N5. The molecule has 0 radical (unpaired) electrons. The Morgan fingerprint density at radius 1 is 0.659 bits per heavy atom. The molecule has 0 atom stereocenters. The highest BCUT2D eigenvalue weighted by atomic mass is 15.6. The summed E-state index contributed by atoms with van der Waals surface area (Å²) in [5.74, 6) is 0. The highest BCUT2D eigenvalue weighted by molar-refractivity contribution is 6.36. The van der Waals surface area contributed by atoms with Crippen LogP contribution in [0.2, 0.25) is 0 Å². The molecule has 1 aliphatic heterocycles. The zero-order valence-electron chi connectivity index (χ0n) is 22.6. The van der Waals surface area contributed by atoms with Crippen LogP contribution in [0, 0.1) is 0 Å². The van der Waals surface area contributed by atoms with E-state index < -0.39 is 0 Å². The first-order valence-corrected chi connectivity index (χ1v) is 14.1. The molecule has 9 rings (SSSR count). The number of fused-ring (bicyclic) bond motifs is 1. The minimum absolute atomic E-state index is 0.687. The van der Waals surface area contributed by atoms with E-state index in [1.807, 2.05) is 0 Å². The molecule has 0 bridgehead atoms. The Balaban J connectivity index is 1.58. The van der Waals surface area contributed by atoms with Crippen LogP contribution < -0.4 is 16.1 Å². The van der Waals surface area contributed by atoms with E-state index >= 15 is 0 Å². The van der Waals surface area contributed by atoms with Gasteiger partial charge in [-0.3, -0.25) is 9.69 Å². The Labute approximate surface area is 236 Å². The van der Waals surface area contributed by atoms with Crippen LogP contribution in [-0.2, 0) is 0 Å². The van der Waals surface area contributed by atoms with Crippen molar-refractivity contribution in [3.8, 4) is 5.69 Å². The molecule has 5 nitrogen and oxygen atoms in total. The third-order valence-electron chi connectivity index (χ3n) is 8.75. The summed E-state index contributed by atoms with van der Waals surface area (Å²) in [5, 5.41) is 13.1. The van der Waals surface area contributed by atoms with Gasteiger partial charge in [-0.2, -0.15) is 0 Å². The Morgan fingerprint density at radius 2 is 1.32 bits per heavy atom.